The Morgan fingerprint density at radius 3 is 2.19 bits per heavy atom. The maximum atomic E-state index is 12.3. The smallest absolute Gasteiger partial charge is 0.343 e. The van der Waals surface area contributed by atoms with Crippen LogP contribution in [0.15, 0.2) is 84.4 Å². The Hall–Kier alpha value is -3.50. The van der Waals surface area contributed by atoms with E-state index in [9.17, 15) is 4.79 Å². The van der Waals surface area contributed by atoms with E-state index in [1.54, 1.807) is 12.2 Å². The van der Waals surface area contributed by atoms with Gasteiger partial charge in [-0.05, 0) is 78.7 Å². The molecule has 1 aliphatic rings. The van der Waals surface area contributed by atoms with Gasteiger partial charge < -0.3 is 14.2 Å². The summed E-state index contributed by atoms with van der Waals surface area (Å²) in [5, 5.41) is 0.700. The molecular weight excluding hydrogens is 412 g/mol. The second-order valence-corrected chi connectivity index (χ2v) is 7.38. The van der Waals surface area contributed by atoms with Crippen molar-refractivity contribution in [2.75, 3.05) is 6.61 Å². The molecule has 1 aliphatic heterocycles. The zero-order valence-electron chi connectivity index (χ0n) is 17.0. The van der Waals surface area contributed by atoms with Crippen molar-refractivity contribution in [1.82, 2.24) is 0 Å². The van der Waals surface area contributed by atoms with Gasteiger partial charge >= 0.3 is 5.97 Å². The van der Waals surface area contributed by atoms with Crippen molar-refractivity contribution in [3.63, 3.8) is 0 Å². The van der Waals surface area contributed by atoms with Crippen molar-refractivity contribution in [3.05, 3.63) is 106 Å². The van der Waals surface area contributed by atoms with Gasteiger partial charge in [-0.1, -0.05) is 35.9 Å². The largest absolute Gasteiger partial charge is 0.494 e. The molecule has 0 bridgehead atoms. The van der Waals surface area contributed by atoms with E-state index < -0.39 is 0 Å². The normalized spacial score (nSPS) is 14.3. The van der Waals surface area contributed by atoms with E-state index >= 15 is 0 Å². The minimum atomic E-state index is -0.369. The number of carbonyl (C=O) groups is 1. The predicted molar refractivity (Wildman–Crippen MR) is 122 cm³/mol. The molecule has 0 atom stereocenters. The standard InChI is InChI=1S/C26H21ClO4/c1-2-29-23-13-7-20(8-14-23)25-16-21(26(28)31-25)15-18-5-11-24(12-6-18)30-17-19-3-9-22(27)10-4-19/h3-16H,2,17H2,1H3/b21-15-. The molecule has 0 spiro atoms. The predicted octanol–water partition coefficient (Wildman–Crippen LogP) is 6.30. The van der Waals surface area contributed by atoms with Crippen LogP contribution in [0.25, 0.3) is 11.8 Å². The summed E-state index contributed by atoms with van der Waals surface area (Å²) < 4.78 is 16.7. The van der Waals surface area contributed by atoms with E-state index in [1.165, 1.54) is 0 Å². The van der Waals surface area contributed by atoms with Crippen LogP contribution in [-0.4, -0.2) is 12.6 Å². The van der Waals surface area contributed by atoms with Crippen LogP contribution < -0.4 is 9.47 Å². The van der Waals surface area contributed by atoms with E-state index in [2.05, 4.69) is 0 Å². The van der Waals surface area contributed by atoms with Gasteiger partial charge in [-0.2, -0.15) is 0 Å². The van der Waals surface area contributed by atoms with Gasteiger partial charge in [-0.3, -0.25) is 0 Å². The van der Waals surface area contributed by atoms with Gasteiger partial charge in [0.25, 0.3) is 0 Å². The lowest BCUT2D eigenvalue weighted by molar-refractivity contribution is -0.130. The summed E-state index contributed by atoms with van der Waals surface area (Å²) in [7, 11) is 0. The maximum absolute atomic E-state index is 12.3. The first-order chi connectivity index (χ1) is 15.1. The number of esters is 1. The third-order valence-electron chi connectivity index (χ3n) is 4.70. The van der Waals surface area contributed by atoms with E-state index in [4.69, 9.17) is 25.8 Å². The van der Waals surface area contributed by atoms with Gasteiger partial charge in [0.1, 0.15) is 23.9 Å². The number of rotatable bonds is 7. The molecule has 0 amide bonds. The van der Waals surface area contributed by atoms with Crippen LogP contribution in [0.2, 0.25) is 5.02 Å². The Balaban J connectivity index is 1.42. The van der Waals surface area contributed by atoms with Gasteiger partial charge in [0, 0.05) is 10.6 Å². The number of hydrogen-bond donors (Lipinski definition) is 0. The lowest BCUT2D eigenvalue weighted by atomic mass is 10.1. The van der Waals surface area contributed by atoms with Crippen LogP contribution in [0.1, 0.15) is 23.6 Å². The van der Waals surface area contributed by atoms with Crippen LogP contribution >= 0.6 is 11.6 Å². The molecule has 3 aromatic carbocycles. The molecule has 156 valence electrons. The molecule has 5 heteroatoms. The zero-order valence-corrected chi connectivity index (χ0v) is 17.8. The average Bonchev–Trinajstić information content (AvgIpc) is 3.15. The first-order valence-corrected chi connectivity index (χ1v) is 10.3. The number of carbonyl (C=O) groups excluding carboxylic acids is 1. The molecule has 0 aliphatic carbocycles. The molecule has 0 saturated carbocycles. The fourth-order valence-electron chi connectivity index (χ4n) is 3.10. The van der Waals surface area contributed by atoms with E-state index in [-0.39, 0.29) is 5.97 Å². The number of cyclic esters (lactones) is 1. The fourth-order valence-corrected chi connectivity index (χ4v) is 3.23. The number of hydrogen-bond acceptors (Lipinski definition) is 4. The van der Waals surface area contributed by atoms with E-state index in [0.29, 0.717) is 29.6 Å². The lowest BCUT2D eigenvalue weighted by Crippen LogP contribution is -1.97. The van der Waals surface area contributed by atoms with Crippen LogP contribution in [0.5, 0.6) is 11.5 Å². The summed E-state index contributed by atoms with van der Waals surface area (Å²) in [6.07, 6.45) is 3.55. The van der Waals surface area contributed by atoms with Gasteiger partial charge in [-0.25, -0.2) is 4.79 Å². The van der Waals surface area contributed by atoms with Crippen molar-refractivity contribution in [2.45, 2.75) is 13.5 Å². The Kier molecular flexibility index (Phi) is 6.39. The van der Waals surface area contributed by atoms with E-state index in [1.807, 2.05) is 79.7 Å². The molecule has 0 fully saturated rings. The van der Waals surface area contributed by atoms with Gasteiger partial charge in [-0.15, -0.1) is 0 Å². The quantitative estimate of drug-likeness (QED) is 0.324. The van der Waals surface area contributed by atoms with Crippen molar-refractivity contribution in [1.29, 1.82) is 0 Å². The van der Waals surface area contributed by atoms with Gasteiger partial charge in [0.2, 0.25) is 0 Å². The second-order valence-electron chi connectivity index (χ2n) is 6.94. The Morgan fingerprint density at radius 2 is 1.52 bits per heavy atom. The second kappa shape index (κ2) is 9.54. The van der Waals surface area contributed by atoms with Gasteiger partial charge in [0.05, 0.1) is 12.2 Å². The molecule has 0 saturated heterocycles. The molecule has 0 unspecified atom stereocenters. The number of ether oxygens (including phenoxy) is 3. The summed E-state index contributed by atoms with van der Waals surface area (Å²) in [5.41, 5.74) is 3.25. The van der Waals surface area contributed by atoms with Crippen molar-refractivity contribution >= 4 is 29.4 Å². The molecule has 1 heterocycles. The lowest BCUT2D eigenvalue weighted by Gasteiger charge is -2.06. The van der Waals surface area contributed by atoms with Crippen molar-refractivity contribution in [3.8, 4) is 11.5 Å². The third kappa shape index (κ3) is 5.36. The summed E-state index contributed by atoms with van der Waals surface area (Å²) in [5.74, 6) is 1.69. The highest BCUT2D eigenvalue weighted by molar-refractivity contribution is 6.30. The first-order valence-electron chi connectivity index (χ1n) is 9.97. The number of benzene rings is 3. The summed E-state index contributed by atoms with van der Waals surface area (Å²) >= 11 is 5.90. The topological polar surface area (TPSA) is 44.8 Å². The Morgan fingerprint density at radius 1 is 0.871 bits per heavy atom. The molecule has 31 heavy (non-hydrogen) atoms. The molecule has 4 nitrogen and oxygen atoms in total. The SMILES string of the molecule is CCOc1ccc(C2=C/C(=C/c3ccc(OCc4ccc(Cl)cc4)cc3)C(=O)O2)cc1. The molecule has 0 aromatic heterocycles. The summed E-state index contributed by atoms with van der Waals surface area (Å²) in [6, 6.07) is 22.6. The molecule has 3 aromatic rings. The van der Waals surface area contributed by atoms with Crippen LogP contribution in [0.3, 0.4) is 0 Å². The maximum Gasteiger partial charge on any atom is 0.343 e. The average molecular weight is 433 g/mol. The molecular formula is C26H21ClO4. The third-order valence-corrected chi connectivity index (χ3v) is 4.95. The fraction of sp³-hybridized carbons (Fsp3) is 0.115. The van der Waals surface area contributed by atoms with Crippen LogP contribution in [0.4, 0.5) is 0 Å². The first kappa shape index (κ1) is 20.8. The van der Waals surface area contributed by atoms with E-state index in [0.717, 1.165) is 28.2 Å². The van der Waals surface area contributed by atoms with Gasteiger partial charge in [0.15, 0.2) is 0 Å². The molecule has 4 rings (SSSR count). The Labute approximate surface area is 186 Å². The zero-order chi connectivity index (χ0) is 21.6. The number of halogens is 1. The highest BCUT2D eigenvalue weighted by atomic mass is 35.5. The van der Waals surface area contributed by atoms with Crippen molar-refractivity contribution < 1.29 is 19.0 Å². The summed E-state index contributed by atoms with van der Waals surface area (Å²) in [6.45, 7) is 3.00. The molecule has 0 radical (unpaired) electrons. The Bertz CT molecular complexity index is 1110. The highest BCUT2D eigenvalue weighted by Crippen LogP contribution is 2.29. The minimum Gasteiger partial charge on any atom is -0.494 e. The van der Waals surface area contributed by atoms with Crippen molar-refractivity contribution in [2.24, 2.45) is 0 Å². The monoisotopic (exact) mass is 432 g/mol. The molecule has 0 N–H and O–H groups in total. The minimum absolute atomic E-state index is 0.369. The summed E-state index contributed by atoms with van der Waals surface area (Å²) in [4.78, 5) is 12.3. The highest BCUT2D eigenvalue weighted by Gasteiger charge is 2.22. The van der Waals surface area contributed by atoms with Crippen LogP contribution in [-0.2, 0) is 16.1 Å². The van der Waals surface area contributed by atoms with Crippen LogP contribution in [0, 0.1) is 0 Å².